The van der Waals surface area contributed by atoms with Crippen molar-refractivity contribution in [2.45, 2.75) is 66.3 Å². The third kappa shape index (κ3) is 10.1. The van der Waals surface area contributed by atoms with Crippen molar-refractivity contribution in [1.82, 2.24) is 10.2 Å². The van der Waals surface area contributed by atoms with Crippen LogP contribution in [0.5, 0.6) is 0 Å². The summed E-state index contributed by atoms with van der Waals surface area (Å²) in [5.74, 6) is -0.606. The molecule has 0 radical (unpaired) electrons. The summed E-state index contributed by atoms with van der Waals surface area (Å²) in [7, 11) is 3.60. The monoisotopic (exact) mass is 316 g/mol. The molecule has 5 heteroatoms. The van der Waals surface area contributed by atoms with Crippen LogP contribution in [0.15, 0.2) is 0 Å². The third-order valence-corrected chi connectivity index (χ3v) is 3.60. The van der Waals surface area contributed by atoms with Gasteiger partial charge in [0.05, 0.1) is 12.6 Å². The van der Waals surface area contributed by atoms with Crippen LogP contribution in [-0.4, -0.2) is 56.5 Å². The number of likely N-dealkylation sites (N-methyl/N-ethyl adjacent to an activating group) is 1. The van der Waals surface area contributed by atoms with E-state index in [1.165, 1.54) is 0 Å². The smallest absolute Gasteiger partial charge is 0.234 e. The van der Waals surface area contributed by atoms with Gasteiger partial charge in [0.25, 0.3) is 0 Å². The second-order valence-corrected chi connectivity index (χ2v) is 7.42. The standard InChI is InChI=1S/C17H36N2O3/c1-9-10-16(3,4)13-19(7)12-15(20)18-11-14(2)22-17(5,6)21-8/h14H,9-13H2,1-8H3,(H,18,20). The lowest BCUT2D eigenvalue weighted by Crippen LogP contribution is -2.43. The van der Waals surface area contributed by atoms with Gasteiger partial charge in [0, 0.05) is 20.2 Å². The molecular formula is C17H36N2O3. The Morgan fingerprint density at radius 1 is 1.27 bits per heavy atom. The van der Waals surface area contributed by atoms with Crippen LogP contribution in [0.1, 0.15) is 54.4 Å². The molecule has 0 heterocycles. The Kier molecular flexibility index (Phi) is 9.20. The fourth-order valence-electron chi connectivity index (χ4n) is 2.68. The van der Waals surface area contributed by atoms with Gasteiger partial charge in [-0.1, -0.05) is 27.2 Å². The highest BCUT2D eigenvalue weighted by Gasteiger charge is 2.22. The molecule has 0 saturated heterocycles. The lowest BCUT2D eigenvalue weighted by atomic mass is 9.87. The minimum Gasteiger partial charge on any atom is -0.354 e. The highest BCUT2D eigenvalue weighted by atomic mass is 16.7. The quantitative estimate of drug-likeness (QED) is 0.595. The fraction of sp³-hybridized carbons (Fsp3) is 0.941. The third-order valence-electron chi connectivity index (χ3n) is 3.60. The summed E-state index contributed by atoms with van der Waals surface area (Å²) >= 11 is 0. The molecule has 0 aromatic rings. The Hall–Kier alpha value is -0.650. The number of nitrogens with zero attached hydrogens (tertiary/aromatic N) is 1. The maximum atomic E-state index is 12.0. The van der Waals surface area contributed by atoms with E-state index in [-0.39, 0.29) is 17.4 Å². The van der Waals surface area contributed by atoms with E-state index in [4.69, 9.17) is 9.47 Å². The van der Waals surface area contributed by atoms with Gasteiger partial charge in [-0.2, -0.15) is 0 Å². The Labute approximate surface area is 136 Å². The van der Waals surface area contributed by atoms with Gasteiger partial charge < -0.3 is 14.8 Å². The van der Waals surface area contributed by atoms with E-state index in [9.17, 15) is 4.79 Å². The molecule has 0 rings (SSSR count). The fourth-order valence-corrected chi connectivity index (χ4v) is 2.68. The van der Waals surface area contributed by atoms with Crippen molar-refractivity contribution in [3.8, 4) is 0 Å². The van der Waals surface area contributed by atoms with Crippen LogP contribution in [0, 0.1) is 5.41 Å². The first-order valence-electron chi connectivity index (χ1n) is 8.19. The Balaban J connectivity index is 4.08. The summed E-state index contributed by atoms with van der Waals surface area (Å²) in [5, 5.41) is 2.92. The molecule has 1 N–H and O–H groups in total. The predicted octanol–water partition coefficient (Wildman–Crippen LogP) is 2.65. The van der Waals surface area contributed by atoms with E-state index in [1.54, 1.807) is 7.11 Å². The van der Waals surface area contributed by atoms with Crippen molar-refractivity contribution in [2.24, 2.45) is 5.41 Å². The molecule has 0 aliphatic rings. The van der Waals surface area contributed by atoms with Crippen molar-refractivity contribution in [1.29, 1.82) is 0 Å². The van der Waals surface area contributed by atoms with Gasteiger partial charge in [-0.05, 0) is 39.7 Å². The minimum absolute atomic E-state index is 0.0282. The number of carbonyl (C=O) groups is 1. The largest absolute Gasteiger partial charge is 0.354 e. The summed E-state index contributed by atoms with van der Waals surface area (Å²) in [6.07, 6.45) is 2.23. The number of nitrogens with one attached hydrogen (secondary N) is 1. The van der Waals surface area contributed by atoms with Crippen molar-refractivity contribution in [2.75, 3.05) is 33.8 Å². The van der Waals surface area contributed by atoms with Crippen LogP contribution in [-0.2, 0) is 14.3 Å². The van der Waals surface area contributed by atoms with E-state index in [0.717, 1.165) is 19.4 Å². The van der Waals surface area contributed by atoms with E-state index in [2.05, 4.69) is 31.0 Å². The highest BCUT2D eigenvalue weighted by molar-refractivity contribution is 5.77. The van der Waals surface area contributed by atoms with Gasteiger partial charge in [-0.3, -0.25) is 9.69 Å². The highest BCUT2D eigenvalue weighted by Crippen LogP contribution is 2.22. The Morgan fingerprint density at radius 2 is 1.86 bits per heavy atom. The van der Waals surface area contributed by atoms with Crippen LogP contribution in [0.4, 0.5) is 0 Å². The topological polar surface area (TPSA) is 50.8 Å². The predicted molar refractivity (Wildman–Crippen MR) is 90.8 cm³/mol. The lowest BCUT2D eigenvalue weighted by molar-refractivity contribution is -0.218. The Bertz CT molecular complexity index is 330. The molecule has 0 bridgehead atoms. The first kappa shape index (κ1) is 21.4. The maximum absolute atomic E-state index is 12.0. The molecule has 1 amide bonds. The summed E-state index contributed by atoms with van der Waals surface area (Å²) in [6, 6.07) is 0. The van der Waals surface area contributed by atoms with Gasteiger partial charge in [-0.25, -0.2) is 0 Å². The van der Waals surface area contributed by atoms with Crippen molar-refractivity contribution < 1.29 is 14.3 Å². The first-order valence-corrected chi connectivity index (χ1v) is 8.19. The van der Waals surface area contributed by atoms with Crippen LogP contribution in [0.3, 0.4) is 0 Å². The van der Waals surface area contributed by atoms with E-state index >= 15 is 0 Å². The van der Waals surface area contributed by atoms with E-state index < -0.39 is 5.79 Å². The molecule has 0 fully saturated rings. The lowest BCUT2D eigenvalue weighted by Gasteiger charge is -2.30. The average Bonchev–Trinajstić information content (AvgIpc) is 2.34. The number of methoxy groups -OCH3 is 1. The van der Waals surface area contributed by atoms with Gasteiger partial charge >= 0.3 is 0 Å². The second kappa shape index (κ2) is 9.48. The molecule has 22 heavy (non-hydrogen) atoms. The zero-order chi connectivity index (χ0) is 17.4. The molecule has 0 aromatic carbocycles. The molecule has 0 spiro atoms. The maximum Gasteiger partial charge on any atom is 0.234 e. The zero-order valence-corrected chi connectivity index (χ0v) is 15.8. The van der Waals surface area contributed by atoms with Gasteiger partial charge in [-0.15, -0.1) is 0 Å². The normalized spacial score (nSPS) is 14.2. The van der Waals surface area contributed by atoms with Crippen molar-refractivity contribution in [3.63, 3.8) is 0 Å². The van der Waals surface area contributed by atoms with Crippen LogP contribution >= 0.6 is 0 Å². The van der Waals surface area contributed by atoms with Crippen LogP contribution in [0.25, 0.3) is 0 Å². The summed E-state index contributed by atoms with van der Waals surface area (Å²) in [6.45, 7) is 14.1. The molecule has 132 valence electrons. The SMILES string of the molecule is CCCC(C)(C)CN(C)CC(=O)NCC(C)OC(C)(C)OC. The molecule has 0 saturated carbocycles. The summed E-state index contributed by atoms with van der Waals surface area (Å²) < 4.78 is 10.9. The second-order valence-electron chi connectivity index (χ2n) is 7.42. The number of ether oxygens (including phenoxy) is 2. The molecule has 0 aromatic heterocycles. The molecule has 5 nitrogen and oxygen atoms in total. The van der Waals surface area contributed by atoms with Crippen molar-refractivity contribution in [3.05, 3.63) is 0 Å². The molecular weight excluding hydrogens is 280 g/mol. The molecule has 0 aliphatic carbocycles. The van der Waals surface area contributed by atoms with E-state index in [0.29, 0.717) is 13.1 Å². The summed E-state index contributed by atoms with van der Waals surface area (Å²) in [4.78, 5) is 14.1. The van der Waals surface area contributed by atoms with Gasteiger partial charge in [0.2, 0.25) is 5.91 Å². The first-order chi connectivity index (χ1) is 10.0. The molecule has 1 atom stereocenters. The Morgan fingerprint density at radius 3 is 2.36 bits per heavy atom. The van der Waals surface area contributed by atoms with Crippen LogP contribution < -0.4 is 5.32 Å². The van der Waals surface area contributed by atoms with Gasteiger partial charge in [0.1, 0.15) is 0 Å². The number of hydrogen-bond donors (Lipinski definition) is 1. The average molecular weight is 316 g/mol. The minimum atomic E-state index is -0.634. The van der Waals surface area contributed by atoms with Crippen molar-refractivity contribution >= 4 is 5.91 Å². The zero-order valence-electron chi connectivity index (χ0n) is 15.8. The summed E-state index contributed by atoms with van der Waals surface area (Å²) in [5.41, 5.74) is 0.239. The number of carbonyl (C=O) groups excluding carboxylic acids is 1. The number of amides is 1. The number of rotatable bonds is 11. The van der Waals surface area contributed by atoms with Crippen LogP contribution in [0.2, 0.25) is 0 Å². The molecule has 1 unspecified atom stereocenters. The van der Waals surface area contributed by atoms with E-state index in [1.807, 2.05) is 27.8 Å². The molecule has 0 aliphatic heterocycles. The number of hydrogen-bond acceptors (Lipinski definition) is 4. The van der Waals surface area contributed by atoms with Gasteiger partial charge in [0.15, 0.2) is 5.79 Å².